The maximum Gasteiger partial charge on any atom is 0.309 e. The van der Waals surface area contributed by atoms with Crippen molar-refractivity contribution >= 4 is 7.55 Å². The van der Waals surface area contributed by atoms with Crippen LogP contribution in [0.1, 0.15) is 0 Å². The molecule has 1 saturated heterocycles. The van der Waals surface area contributed by atoms with Crippen molar-refractivity contribution in [3.05, 3.63) is 0 Å². The first kappa shape index (κ1) is 2.24. The van der Waals surface area contributed by atoms with Gasteiger partial charge in [0.05, 0.1) is 0 Å². The predicted octanol–water partition coefficient (Wildman–Crippen LogP) is -1.33. The molecule has 0 bridgehead atoms. The van der Waals surface area contributed by atoms with Gasteiger partial charge in [-0.05, 0) is 0 Å². The van der Waals surface area contributed by atoms with Crippen LogP contribution in [0.3, 0.4) is 0 Å². The monoisotopic (exact) mass is 55.0 g/mol. The van der Waals surface area contributed by atoms with Gasteiger partial charge in [-0.25, -0.2) is 0 Å². The van der Waals surface area contributed by atoms with Crippen molar-refractivity contribution in [2.45, 2.75) is 0 Å². The Hall–Kier alpha value is -0.0151. The molecule has 0 aromatic heterocycles. The van der Waals surface area contributed by atoms with Crippen LogP contribution in [0.15, 0.2) is 0 Å². The molecule has 2 nitrogen and oxygen atoms in total. The molecule has 0 atom stereocenters. The summed E-state index contributed by atoms with van der Waals surface area (Å²) in [5.41, 5.74) is 0. The summed E-state index contributed by atoms with van der Waals surface area (Å²) in [7, 11) is 1.81. The zero-order valence-electron chi connectivity index (χ0n) is 2.28. The van der Waals surface area contributed by atoms with E-state index in [0.717, 1.165) is 6.67 Å². The Balaban J connectivity index is 2.00. The number of hydrogen-bond acceptors (Lipinski definition) is 2. The normalized spacial score (nSPS) is 22.0. The molecule has 0 aliphatic carbocycles. The average Bonchev–Trinajstić information content (AvgIpc) is 0.722. The largest absolute Gasteiger partial charge is 0.335 e. The summed E-state index contributed by atoms with van der Waals surface area (Å²) in [5.74, 6) is 0. The highest BCUT2D eigenvalue weighted by Crippen LogP contribution is 1.51. The molecule has 1 radical (unpaired) electrons. The third-order valence-corrected chi connectivity index (χ3v) is 0.408. The van der Waals surface area contributed by atoms with Crippen LogP contribution in [-0.2, 0) is 0 Å². The van der Waals surface area contributed by atoms with E-state index in [1.54, 1.807) is 7.55 Å². The lowest BCUT2D eigenvalue weighted by Gasteiger charge is -2.10. The summed E-state index contributed by atoms with van der Waals surface area (Å²) >= 11 is 0. The SMILES string of the molecule is [B]1NCN1. The van der Waals surface area contributed by atoms with Gasteiger partial charge in [0.2, 0.25) is 0 Å². The van der Waals surface area contributed by atoms with Gasteiger partial charge in [0.25, 0.3) is 0 Å². The third-order valence-electron chi connectivity index (χ3n) is 0.408. The Morgan fingerprint density at radius 1 is 1.50 bits per heavy atom. The van der Waals surface area contributed by atoms with E-state index in [1.807, 2.05) is 0 Å². The van der Waals surface area contributed by atoms with E-state index in [4.69, 9.17) is 0 Å². The van der Waals surface area contributed by atoms with Crippen LogP contribution in [0, 0.1) is 0 Å². The molecule has 1 aliphatic heterocycles. The second-order valence-electron chi connectivity index (χ2n) is 0.729. The Kier molecular flexibility index (Phi) is 0.414. The lowest BCUT2D eigenvalue weighted by Crippen LogP contribution is -2.51. The summed E-state index contributed by atoms with van der Waals surface area (Å²) in [6.07, 6.45) is 0. The minimum absolute atomic E-state index is 0.944. The lowest BCUT2D eigenvalue weighted by atomic mass is 10.1. The van der Waals surface area contributed by atoms with E-state index < -0.39 is 0 Å². The minimum atomic E-state index is 0.944. The van der Waals surface area contributed by atoms with E-state index in [9.17, 15) is 0 Å². The highest BCUT2D eigenvalue weighted by Gasteiger charge is 1.94. The number of rotatable bonds is 0. The van der Waals surface area contributed by atoms with Gasteiger partial charge >= 0.3 is 7.55 Å². The minimum Gasteiger partial charge on any atom is -0.335 e. The van der Waals surface area contributed by atoms with Gasteiger partial charge in [-0.15, -0.1) is 0 Å². The number of hydrogen-bond donors (Lipinski definition) is 2. The van der Waals surface area contributed by atoms with Crippen molar-refractivity contribution in [2.75, 3.05) is 6.67 Å². The smallest absolute Gasteiger partial charge is 0.309 e. The van der Waals surface area contributed by atoms with Gasteiger partial charge < -0.3 is 10.5 Å². The molecule has 0 unspecified atom stereocenters. The molecule has 2 N–H and O–H groups in total. The van der Waals surface area contributed by atoms with E-state index in [0.29, 0.717) is 0 Å². The zero-order chi connectivity index (χ0) is 2.83. The van der Waals surface area contributed by atoms with Crippen molar-refractivity contribution < 1.29 is 0 Å². The van der Waals surface area contributed by atoms with Crippen molar-refractivity contribution in [3.8, 4) is 0 Å². The van der Waals surface area contributed by atoms with E-state index in [-0.39, 0.29) is 0 Å². The predicted molar refractivity (Wildman–Crippen MR) is 16.9 cm³/mol. The molecular formula is CH4BN2. The first-order chi connectivity index (χ1) is 2.00. The molecule has 1 fully saturated rings. The Morgan fingerprint density at radius 3 is 1.75 bits per heavy atom. The maximum absolute atomic E-state index is 2.88. The lowest BCUT2D eigenvalue weighted by molar-refractivity contribution is 0.767. The van der Waals surface area contributed by atoms with Crippen molar-refractivity contribution in [1.82, 2.24) is 10.5 Å². The summed E-state index contributed by atoms with van der Waals surface area (Å²) in [6, 6.07) is 0. The van der Waals surface area contributed by atoms with Gasteiger partial charge in [-0.3, -0.25) is 0 Å². The topological polar surface area (TPSA) is 24.1 Å². The summed E-state index contributed by atoms with van der Waals surface area (Å²) in [6.45, 7) is 0.944. The molecule has 0 amide bonds. The fraction of sp³-hybridized carbons (Fsp3) is 1.00. The van der Waals surface area contributed by atoms with Gasteiger partial charge in [0.15, 0.2) is 0 Å². The molecule has 3 heteroatoms. The quantitative estimate of drug-likeness (QED) is 0.335. The molecule has 4 heavy (non-hydrogen) atoms. The molecule has 1 heterocycles. The first-order valence-electron chi connectivity index (χ1n) is 1.28. The van der Waals surface area contributed by atoms with Crippen LogP contribution in [0.25, 0.3) is 0 Å². The standard InChI is InChI=1S/CH4BN2/c1-3-2-4-1/h3-4H,1H2. The van der Waals surface area contributed by atoms with E-state index in [1.165, 1.54) is 0 Å². The molecule has 0 aromatic carbocycles. The molecule has 1 aliphatic rings. The molecule has 1 rings (SSSR count). The number of nitrogens with one attached hydrogen (secondary N) is 2. The fourth-order valence-electron chi connectivity index (χ4n) is 0.102. The summed E-state index contributed by atoms with van der Waals surface area (Å²) in [4.78, 5) is 0. The van der Waals surface area contributed by atoms with Gasteiger partial charge in [0.1, 0.15) is 0 Å². The molecular weight excluding hydrogens is 50.8 g/mol. The van der Waals surface area contributed by atoms with Crippen LogP contribution in [0.2, 0.25) is 0 Å². The van der Waals surface area contributed by atoms with E-state index >= 15 is 0 Å². The van der Waals surface area contributed by atoms with Crippen molar-refractivity contribution in [1.29, 1.82) is 0 Å². The van der Waals surface area contributed by atoms with E-state index in [2.05, 4.69) is 10.5 Å². The molecule has 0 aromatic rings. The molecule has 0 spiro atoms. The van der Waals surface area contributed by atoms with Crippen LogP contribution in [0.4, 0.5) is 0 Å². The van der Waals surface area contributed by atoms with Crippen LogP contribution >= 0.6 is 0 Å². The second kappa shape index (κ2) is 0.741. The average molecular weight is 54.9 g/mol. The van der Waals surface area contributed by atoms with Crippen LogP contribution in [-0.4, -0.2) is 14.2 Å². The Bertz CT molecular complexity index is 14.0. The Morgan fingerprint density at radius 2 is 1.75 bits per heavy atom. The summed E-state index contributed by atoms with van der Waals surface area (Å²) in [5, 5.41) is 5.75. The highest BCUT2D eigenvalue weighted by atomic mass is 15.1. The second-order valence-corrected chi connectivity index (χ2v) is 0.729. The highest BCUT2D eigenvalue weighted by molar-refractivity contribution is 6.31. The zero-order valence-corrected chi connectivity index (χ0v) is 2.28. The van der Waals surface area contributed by atoms with Gasteiger partial charge in [-0.2, -0.15) is 0 Å². The first-order valence-corrected chi connectivity index (χ1v) is 1.28. The van der Waals surface area contributed by atoms with Gasteiger partial charge in [-0.1, -0.05) is 0 Å². The van der Waals surface area contributed by atoms with Crippen molar-refractivity contribution in [2.24, 2.45) is 0 Å². The third kappa shape index (κ3) is 0.121. The van der Waals surface area contributed by atoms with Crippen LogP contribution < -0.4 is 10.5 Å². The van der Waals surface area contributed by atoms with Crippen LogP contribution in [0.5, 0.6) is 0 Å². The molecule has 21 valence electrons. The van der Waals surface area contributed by atoms with Gasteiger partial charge in [0, 0.05) is 6.67 Å². The molecule has 0 saturated carbocycles. The van der Waals surface area contributed by atoms with Crippen molar-refractivity contribution in [3.63, 3.8) is 0 Å². The Labute approximate surface area is 25.9 Å². The summed E-state index contributed by atoms with van der Waals surface area (Å²) < 4.78 is 0. The fourth-order valence-corrected chi connectivity index (χ4v) is 0.102. The maximum atomic E-state index is 2.88.